The summed E-state index contributed by atoms with van der Waals surface area (Å²) in [6.07, 6.45) is 1.30. The highest BCUT2D eigenvalue weighted by Crippen LogP contribution is 2.12. The highest BCUT2D eigenvalue weighted by Gasteiger charge is 2.19. The van der Waals surface area contributed by atoms with Gasteiger partial charge in [0.15, 0.2) is 0 Å². The third-order valence-corrected chi connectivity index (χ3v) is 3.79. The van der Waals surface area contributed by atoms with E-state index in [9.17, 15) is 18.0 Å². The number of ether oxygens (including phenoxy) is 1. The molecule has 0 bridgehead atoms. The Balaban J connectivity index is 2.91. The smallest absolute Gasteiger partial charge is 0.325 e. The van der Waals surface area contributed by atoms with E-state index < -0.39 is 21.9 Å². The first-order chi connectivity index (χ1) is 8.81. The topological polar surface area (TPSA) is 106 Å². The van der Waals surface area contributed by atoms with Gasteiger partial charge < -0.3 is 14.6 Å². The molecule has 0 spiro atoms. The number of sulfonamides is 1. The Hall–Kier alpha value is -1.87. The lowest BCUT2D eigenvalue weighted by Gasteiger charge is -2.04. The van der Waals surface area contributed by atoms with E-state index in [1.165, 1.54) is 38.0 Å². The molecule has 9 heteroatoms. The van der Waals surface area contributed by atoms with Gasteiger partial charge in [-0.3, -0.25) is 9.59 Å². The molecular weight excluding hydrogens is 274 g/mol. The van der Waals surface area contributed by atoms with Gasteiger partial charge in [0, 0.05) is 13.2 Å². The number of methoxy groups -OCH3 is 1. The van der Waals surface area contributed by atoms with Crippen LogP contribution in [-0.4, -0.2) is 45.6 Å². The largest absolute Gasteiger partial charge is 0.468 e. The highest BCUT2D eigenvalue weighted by molar-refractivity contribution is 7.89. The van der Waals surface area contributed by atoms with Crippen molar-refractivity contribution in [2.24, 2.45) is 7.05 Å². The molecule has 0 aliphatic carbocycles. The minimum absolute atomic E-state index is 0.0271. The molecule has 0 fully saturated rings. The van der Waals surface area contributed by atoms with E-state index in [-0.39, 0.29) is 17.1 Å². The van der Waals surface area contributed by atoms with Crippen molar-refractivity contribution in [3.8, 4) is 0 Å². The molecule has 1 rings (SSSR count). The number of nitrogens with one attached hydrogen (secondary N) is 2. The van der Waals surface area contributed by atoms with E-state index in [0.29, 0.717) is 0 Å². The van der Waals surface area contributed by atoms with Crippen LogP contribution in [0.5, 0.6) is 0 Å². The molecule has 1 heterocycles. The van der Waals surface area contributed by atoms with Gasteiger partial charge >= 0.3 is 5.97 Å². The SMILES string of the molecule is CNS(=O)(=O)c1cc(C(=O)NCC(=O)OC)n(C)c1. The molecule has 19 heavy (non-hydrogen) atoms. The predicted octanol–water partition coefficient (Wildman–Crippen LogP) is -1.16. The standard InChI is InChI=1S/C10H15N3O5S/c1-11-19(16,17)7-4-8(13(2)6-7)10(15)12-5-9(14)18-3/h4,6,11H,5H2,1-3H3,(H,12,15). The van der Waals surface area contributed by atoms with Crippen molar-refractivity contribution in [2.45, 2.75) is 4.90 Å². The number of amides is 1. The normalized spacial score (nSPS) is 11.1. The summed E-state index contributed by atoms with van der Waals surface area (Å²) < 4.78 is 31.0. The lowest BCUT2D eigenvalue weighted by atomic mass is 10.4. The van der Waals surface area contributed by atoms with Crippen LogP contribution in [0.15, 0.2) is 17.2 Å². The van der Waals surface area contributed by atoms with Crippen LogP contribution in [0, 0.1) is 0 Å². The maximum absolute atomic E-state index is 11.8. The van der Waals surface area contributed by atoms with Crippen molar-refractivity contribution in [3.05, 3.63) is 18.0 Å². The first kappa shape index (κ1) is 15.2. The Morgan fingerprint density at radius 1 is 1.42 bits per heavy atom. The molecular formula is C10H15N3O5S. The van der Waals surface area contributed by atoms with Gasteiger partial charge in [-0.15, -0.1) is 0 Å². The Kier molecular flexibility index (Phi) is 4.67. The quantitative estimate of drug-likeness (QED) is 0.665. The molecule has 0 radical (unpaired) electrons. The number of rotatable bonds is 5. The second-order valence-corrected chi connectivity index (χ2v) is 5.52. The van der Waals surface area contributed by atoms with Gasteiger partial charge in [-0.25, -0.2) is 13.1 Å². The summed E-state index contributed by atoms with van der Waals surface area (Å²) in [5.41, 5.74) is 0.123. The summed E-state index contributed by atoms with van der Waals surface area (Å²) >= 11 is 0. The minimum Gasteiger partial charge on any atom is -0.468 e. The van der Waals surface area contributed by atoms with Crippen LogP contribution in [0.4, 0.5) is 0 Å². The molecule has 2 N–H and O–H groups in total. The summed E-state index contributed by atoms with van der Waals surface area (Å²) in [5.74, 6) is -1.16. The fourth-order valence-electron chi connectivity index (χ4n) is 1.34. The molecule has 106 valence electrons. The van der Waals surface area contributed by atoms with E-state index in [1.807, 2.05) is 0 Å². The number of hydrogen-bond acceptors (Lipinski definition) is 5. The summed E-state index contributed by atoms with van der Waals surface area (Å²) in [4.78, 5) is 22.6. The molecule has 0 unspecified atom stereocenters. The lowest BCUT2D eigenvalue weighted by molar-refractivity contribution is -0.139. The van der Waals surface area contributed by atoms with Crippen LogP contribution in [0.3, 0.4) is 0 Å². The van der Waals surface area contributed by atoms with Gasteiger partial charge in [-0.2, -0.15) is 0 Å². The Morgan fingerprint density at radius 2 is 2.05 bits per heavy atom. The third-order valence-electron chi connectivity index (χ3n) is 2.41. The van der Waals surface area contributed by atoms with Gasteiger partial charge in [0.1, 0.15) is 17.1 Å². The molecule has 1 aromatic heterocycles. The zero-order valence-corrected chi connectivity index (χ0v) is 11.6. The summed E-state index contributed by atoms with van der Waals surface area (Å²) in [6.45, 7) is -0.283. The van der Waals surface area contributed by atoms with E-state index in [2.05, 4.69) is 14.8 Å². The van der Waals surface area contributed by atoms with Crippen LogP contribution in [0.1, 0.15) is 10.5 Å². The molecule has 0 aliphatic rings. The summed E-state index contributed by atoms with van der Waals surface area (Å²) in [7, 11) is 0.398. The summed E-state index contributed by atoms with van der Waals surface area (Å²) in [6, 6.07) is 1.22. The van der Waals surface area contributed by atoms with Crippen molar-refractivity contribution in [1.29, 1.82) is 0 Å². The zero-order valence-electron chi connectivity index (χ0n) is 10.8. The predicted molar refractivity (Wildman–Crippen MR) is 66.0 cm³/mol. The molecule has 0 saturated carbocycles. The van der Waals surface area contributed by atoms with Crippen LogP contribution in [-0.2, 0) is 26.6 Å². The Morgan fingerprint density at radius 3 is 2.58 bits per heavy atom. The van der Waals surface area contributed by atoms with Crippen molar-refractivity contribution in [2.75, 3.05) is 20.7 Å². The van der Waals surface area contributed by atoms with Gasteiger partial charge in [0.2, 0.25) is 10.0 Å². The van der Waals surface area contributed by atoms with E-state index >= 15 is 0 Å². The molecule has 0 aromatic carbocycles. The van der Waals surface area contributed by atoms with Gasteiger partial charge in [-0.1, -0.05) is 0 Å². The number of aromatic nitrogens is 1. The lowest BCUT2D eigenvalue weighted by Crippen LogP contribution is -2.31. The molecule has 0 aliphatic heterocycles. The first-order valence-corrected chi connectivity index (χ1v) is 6.75. The number of carbonyl (C=O) groups is 2. The monoisotopic (exact) mass is 289 g/mol. The van der Waals surface area contributed by atoms with Gasteiger partial charge in [0.05, 0.1) is 7.11 Å². The van der Waals surface area contributed by atoms with Gasteiger partial charge in [0.25, 0.3) is 5.91 Å². The van der Waals surface area contributed by atoms with Crippen LogP contribution < -0.4 is 10.0 Å². The van der Waals surface area contributed by atoms with Crippen LogP contribution >= 0.6 is 0 Å². The fourth-order valence-corrected chi connectivity index (χ4v) is 2.14. The van der Waals surface area contributed by atoms with E-state index in [4.69, 9.17) is 0 Å². The van der Waals surface area contributed by atoms with E-state index in [0.717, 1.165) is 0 Å². The fraction of sp³-hybridized carbons (Fsp3) is 0.400. The third kappa shape index (κ3) is 3.55. The molecule has 8 nitrogen and oxygen atoms in total. The van der Waals surface area contributed by atoms with Crippen LogP contribution in [0.2, 0.25) is 0 Å². The molecule has 1 amide bonds. The maximum Gasteiger partial charge on any atom is 0.325 e. The van der Waals surface area contributed by atoms with Crippen molar-refractivity contribution < 1.29 is 22.7 Å². The molecule has 0 atom stereocenters. The van der Waals surface area contributed by atoms with Crippen molar-refractivity contribution in [3.63, 3.8) is 0 Å². The second-order valence-electron chi connectivity index (χ2n) is 3.64. The number of carbonyl (C=O) groups excluding carboxylic acids is 2. The number of nitrogens with zero attached hydrogens (tertiary/aromatic N) is 1. The van der Waals surface area contributed by atoms with Crippen molar-refractivity contribution in [1.82, 2.24) is 14.6 Å². The van der Waals surface area contributed by atoms with Crippen molar-refractivity contribution >= 4 is 21.9 Å². The average Bonchev–Trinajstić information content (AvgIpc) is 2.78. The number of aryl methyl sites for hydroxylation is 1. The molecule has 0 saturated heterocycles. The van der Waals surface area contributed by atoms with E-state index in [1.54, 1.807) is 0 Å². The summed E-state index contributed by atoms with van der Waals surface area (Å²) in [5, 5.41) is 2.32. The second kappa shape index (κ2) is 5.85. The Bertz CT molecular complexity index is 590. The maximum atomic E-state index is 11.8. The Labute approximate surface area is 110 Å². The first-order valence-electron chi connectivity index (χ1n) is 5.26. The van der Waals surface area contributed by atoms with Gasteiger partial charge in [-0.05, 0) is 13.1 Å². The zero-order chi connectivity index (χ0) is 14.6. The molecule has 1 aromatic rings. The van der Waals surface area contributed by atoms with Crippen LogP contribution in [0.25, 0.3) is 0 Å². The minimum atomic E-state index is -3.61. The highest BCUT2D eigenvalue weighted by atomic mass is 32.2. The number of hydrogen-bond donors (Lipinski definition) is 2. The average molecular weight is 289 g/mol. The number of esters is 1.